The van der Waals surface area contributed by atoms with E-state index in [1.807, 2.05) is 0 Å². The van der Waals surface area contributed by atoms with Crippen molar-refractivity contribution in [2.45, 2.75) is 51.0 Å². The minimum Gasteiger partial charge on any atom is -0.329 e. The Kier molecular flexibility index (Phi) is 4.90. The fourth-order valence-corrected chi connectivity index (χ4v) is 5.87. The molecule has 112 valence electrons. The molecule has 2 atom stereocenters. The molecule has 2 N–H and O–H groups in total. The summed E-state index contributed by atoms with van der Waals surface area (Å²) in [7, 11) is -2.87. The second kappa shape index (κ2) is 6.10. The molecule has 0 bridgehead atoms. The third-order valence-corrected chi connectivity index (χ3v) is 6.77. The van der Waals surface area contributed by atoms with Crippen LogP contribution >= 0.6 is 0 Å². The molecule has 0 aromatic rings. The van der Waals surface area contributed by atoms with Gasteiger partial charge in [-0.05, 0) is 44.7 Å². The lowest BCUT2D eigenvalue weighted by molar-refractivity contribution is 0.119. The molecule has 0 radical (unpaired) electrons. The molecule has 2 aliphatic heterocycles. The minimum atomic E-state index is -2.87. The van der Waals surface area contributed by atoms with Crippen LogP contribution in [0.5, 0.6) is 0 Å². The summed E-state index contributed by atoms with van der Waals surface area (Å²) < 4.78 is 23.6. The molecular weight excluding hydrogens is 260 g/mol. The van der Waals surface area contributed by atoms with Crippen molar-refractivity contribution < 1.29 is 8.42 Å². The Hall–Kier alpha value is -0.130. The second-order valence-electron chi connectivity index (χ2n) is 6.34. The molecule has 0 spiro atoms. The van der Waals surface area contributed by atoms with Crippen LogP contribution < -0.4 is 5.73 Å². The molecule has 2 aliphatic rings. The van der Waals surface area contributed by atoms with Gasteiger partial charge in [0.1, 0.15) is 0 Å². The molecule has 0 aromatic carbocycles. The number of nitrogens with two attached hydrogens (primary N) is 1. The Bertz CT molecular complexity index is 396. The van der Waals surface area contributed by atoms with Crippen molar-refractivity contribution in [1.29, 1.82) is 0 Å². The molecule has 0 amide bonds. The maximum Gasteiger partial charge on any atom is 0.152 e. The Morgan fingerprint density at radius 2 is 2.11 bits per heavy atom. The van der Waals surface area contributed by atoms with Crippen molar-refractivity contribution in [3.05, 3.63) is 0 Å². The average molecular weight is 288 g/mol. The molecule has 4 nitrogen and oxygen atoms in total. The molecule has 0 aromatic heterocycles. The van der Waals surface area contributed by atoms with E-state index in [0.29, 0.717) is 12.3 Å². The first kappa shape index (κ1) is 15.3. The van der Waals surface area contributed by atoms with Crippen LogP contribution in [-0.4, -0.2) is 50.0 Å². The second-order valence-corrected chi connectivity index (χ2v) is 8.53. The summed E-state index contributed by atoms with van der Waals surface area (Å²) in [5.41, 5.74) is 5.70. The number of nitrogens with zero attached hydrogens (tertiary/aromatic N) is 1. The van der Waals surface area contributed by atoms with Crippen molar-refractivity contribution >= 4 is 9.84 Å². The van der Waals surface area contributed by atoms with E-state index in [-0.39, 0.29) is 11.3 Å². The molecule has 5 heteroatoms. The van der Waals surface area contributed by atoms with Crippen LogP contribution in [0, 0.1) is 5.92 Å². The van der Waals surface area contributed by atoms with Crippen LogP contribution in [0.4, 0.5) is 0 Å². The summed E-state index contributed by atoms with van der Waals surface area (Å²) in [6.45, 7) is 4.77. The normalized spacial score (nSPS) is 36.2. The molecular formula is C14H28N2O2S. The van der Waals surface area contributed by atoms with Gasteiger partial charge >= 0.3 is 0 Å². The minimum absolute atomic E-state index is 0.264. The first-order valence-corrected chi connectivity index (χ1v) is 9.49. The fraction of sp³-hybridized carbons (Fsp3) is 1.00. The van der Waals surface area contributed by atoms with Crippen molar-refractivity contribution in [1.82, 2.24) is 4.90 Å². The summed E-state index contributed by atoms with van der Waals surface area (Å²) >= 11 is 0. The maximum absolute atomic E-state index is 11.8. The Balaban J connectivity index is 2.04. The molecule has 0 saturated carbocycles. The van der Waals surface area contributed by atoms with E-state index in [2.05, 4.69) is 11.8 Å². The largest absolute Gasteiger partial charge is 0.329 e. The highest BCUT2D eigenvalue weighted by Crippen LogP contribution is 2.32. The lowest BCUT2D eigenvalue weighted by atomic mass is 9.95. The van der Waals surface area contributed by atoms with Crippen molar-refractivity contribution in [3.8, 4) is 0 Å². The van der Waals surface area contributed by atoms with Crippen molar-refractivity contribution in [3.63, 3.8) is 0 Å². The molecule has 2 rings (SSSR count). The standard InChI is InChI=1S/C14H28N2O2S/c1-2-4-13-5-3-8-16(9-6-13)14(11-15)7-10-19(17,18)12-14/h13H,2-12,15H2,1H3. The first-order valence-electron chi connectivity index (χ1n) is 7.67. The highest BCUT2D eigenvalue weighted by atomic mass is 32.2. The Morgan fingerprint density at radius 1 is 1.32 bits per heavy atom. The molecule has 2 unspecified atom stereocenters. The lowest BCUT2D eigenvalue weighted by Gasteiger charge is -2.39. The molecule has 2 fully saturated rings. The zero-order valence-corrected chi connectivity index (χ0v) is 12.9. The summed E-state index contributed by atoms with van der Waals surface area (Å²) in [6, 6.07) is 0. The van der Waals surface area contributed by atoms with Crippen LogP contribution in [0.15, 0.2) is 0 Å². The zero-order chi connectivity index (χ0) is 13.9. The molecule has 19 heavy (non-hydrogen) atoms. The number of sulfone groups is 1. The quantitative estimate of drug-likeness (QED) is 0.849. The van der Waals surface area contributed by atoms with Gasteiger partial charge in [0.15, 0.2) is 9.84 Å². The van der Waals surface area contributed by atoms with Crippen LogP contribution in [0.2, 0.25) is 0 Å². The van der Waals surface area contributed by atoms with Gasteiger partial charge in [0.2, 0.25) is 0 Å². The summed E-state index contributed by atoms with van der Waals surface area (Å²) in [5, 5.41) is 0. The van der Waals surface area contributed by atoms with Gasteiger partial charge < -0.3 is 5.73 Å². The van der Waals surface area contributed by atoms with Gasteiger partial charge in [-0.15, -0.1) is 0 Å². The third kappa shape index (κ3) is 3.50. The third-order valence-electron chi connectivity index (χ3n) is 4.96. The Morgan fingerprint density at radius 3 is 2.68 bits per heavy atom. The van der Waals surface area contributed by atoms with Gasteiger partial charge in [0, 0.05) is 12.1 Å². The van der Waals surface area contributed by atoms with E-state index in [1.165, 1.54) is 32.1 Å². The lowest BCUT2D eigenvalue weighted by Crippen LogP contribution is -2.55. The smallest absolute Gasteiger partial charge is 0.152 e. The summed E-state index contributed by atoms with van der Waals surface area (Å²) in [6.07, 6.45) is 6.97. The van der Waals surface area contributed by atoms with E-state index in [4.69, 9.17) is 5.73 Å². The van der Waals surface area contributed by atoms with E-state index in [0.717, 1.165) is 25.4 Å². The van der Waals surface area contributed by atoms with Gasteiger partial charge in [-0.3, -0.25) is 4.90 Å². The number of likely N-dealkylation sites (tertiary alicyclic amines) is 1. The molecule has 2 saturated heterocycles. The SMILES string of the molecule is CCCC1CCCN(C2(CN)CCS(=O)(=O)C2)CC1. The number of rotatable bonds is 4. The topological polar surface area (TPSA) is 63.4 Å². The van der Waals surface area contributed by atoms with Gasteiger partial charge in [0.05, 0.1) is 11.5 Å². The average Bonchev–Trinajstić information content (AvgIpc) is 2.55. The first-order chi connectivity index (χ1) is 9.01. The van der Waals surface area contributed by atoms with E-state index >= 15 is 0 Å². The molecule has 2 heterocycles. The number of hydrogen-bond acceptors (Lipinski definition) is 4. The predicted molar refractivity (Wildman–Crippen MR) is 78.9 cm³/mol. The van der Waals surface area contributed by atoms with E-state index in [9.17, 15) is 8.42 Å². The molecule has 0 aliphatic carbocycles. The van der Waals surface area contributed by atoms with Crippen LogP contribution in [0.1, 0.15) is 45.4 Å². The summed E-state index contributed by atoms with van der Waals surface area (Å²) in [4.78, 5) is 2.40. The van der Waals surface area contributed by atoms with Gasteiger partial charge in [-0.1, -0.05) is 19.8 Å². The zero-order valence-electron chi connectivity index (χ0n) is 12.1. The number of hydrogen-bond donors (Lipinski definition) is 1. The maximum atomic E-state index is 11.8. The van der Waals surface area contributed by atoms with Gasteiger partial charge in [-0.2, -0.15) is 0 Å². The van der Waals surface area contributed by atoms with Crippen molar-refractivity contribution in [2.24, 2.45) is 11.7 Å². The predicted octanol–water partition coefficient (Wildman–Crippen LogP) is 1.40. The van der Waals surface area contributed by atoms with Crippen molar-refractivity contribution in [2.75, 3.05) is 31.1 Å². The van der Waals surface area contributed by atoms with Crippen LogP contribution in [-0.2, 0) is 9.84 Å². The van der Waals surface area contributed by atoms with Crippen LogP contribution in [0.25, 0.3) is 0 Å². The van der Waals surface area contributed by atoms with Gasteiger partial charge in [0.25, 0.3) is 0 Å². The van der Waals surface area contributed by atoms with E-state index in [1.54, 1.807) is 0 Å². The summed E-state index contributed by atoms with van der Waals surface area (Å²) in [5.74, 6) is 1.41. The van der Waals surface area contributed by atoms with Gasteiger partial charge in [-0.25, -0.2) is 8.42 Å². The highest BCUT2D eigenvalue weighted by molar-refractivity contribution is 7.91. The monoisotopic (exact) mass is 288 g/mol. The van der Waals surface area contributed by atoms with E-state index < -0.39 is 9.84 Å². The Labute approximate surface area is 117 Å². The highest BCUT2D eigenvalue weighted by Gasteiger charge is 2.45. The van der Waals surface area contributed by atoms with Crippen LogP contribution in [0.3, 0.4) is 0 Å². The fourth-order valence-electron chi connectivity index (χ4n) is 3.78.